The Morgan fingerprint density at radius 2 is 1.88 bits per heavy atom. The quantitative estimate of drug-likeness (QED) is 0.329. The van der Waals surface area contributed by atoms with Gasteiger partial charge in [0.1, 0.15) is 23.9 Å². The molecule has 10 heteroatoms. The largest absolute Gasteiger partial charge is 0.508 e. The molecule has 1 aromatic rings. The van der Waals surface area contributed by atoms with E-state index >= 15 is 0 Å². The lowest BCUT2D eigenvalue weighted by Gasteiger charge is -2.31. The smallest absolute Gasteiger partial charge is 0.408 e. The highest BCUT2D eigenvalue weighted by atomic mass is 16.6. The maximum absolute atomic E-state index is 13.2. The van der Waals surface area contributed by atoms with Crippen LogP contribution in [-0.2, 0) is 23.9 Å². The number of benzene rings is 1. The number of phenolic OH excluding ortho intramolecular Hbond substituents is 1. The fourth-order valence-corrected chi connectivity index (χ4v) is 2.99. The van der Waals surface area contributed by atoms with Gasteiger partial charge < -0.3 is 30.1 Å². The Balaban J connectivity index is 3.13. The second-order valence-corrected chi connectivity index (χ2v) is 8.48. The number of aromatic hydroxyl groups is 1. The van der Waals surface area contributed by atoms with E-state index in [1.165, 1.54) is 23.1 Å². The van der Waals surface area contributed by atoms with Crippen molar-refractivity contribution in [2.75, 3.05) is 26.2 Å². The summed E-state index contributed by atoms with van der Waals surface area (Å²) >= 11 is 0. The molecular formula is C24H35N3O7. The summed E-state index contributed by atoms with van der Waals surface area (Å²) in [5.41, 5.74) is 0.217. The molecule has 1 atom stereocenters. The molecule has 0 bridgehead atoms. The monoisotopic (exact) mass is 477 g/mol. The van der Waals surface area contributed by atoms with E-state index in [1.54, 1.807) is 40.7 Å². The van der Waals surface area contributed by atoms with Gasteiger partial charge in [-0.25, -0.2) is 4.79 Å². The molecule has 0 heterocycles. The predicted octanol–water partition coefficient (Wildman–Crippen LogP) is 2.35. The van der Waals surface area contributed by atoms with E-state index in [9.17, 15) is 24.3 Å². The number of hydrogen-bond acceptors (Lipinski definition) is 7. The van der Waals surface area contributed by atoms with Crippen molar-refractivity contribution in [1.29, 1.82) is 0 Å². The lowest BCUT2D eigenvalue weighted by molar-refractivity contribution is -0.143. The molecule has 0 radical (unpaired) electrons. The third kappa shape index (κ3) is 9.51. The summed E-state index contributed by atoms with van der Waals surface area (Å²) in [4.78, 5) is 51.0. The molecule has 0 aliphatic rings. The van der Waals surface area contributed by atoms with E-state index in [-0.39, 0.29) is 31.9 Å². The van der Waals surface area contributed by atoms with Gasteiger partial charge in [-0.1, -0.05) is 12.1 Å². The Morgan fingerprint density at radius 1 is 1.21 bits per heavy atom. The maximum Gasteiger partial charge on any atom is 0.408 e. The summed E-state index contributed by atoms with van der Waals surface area (Å²) in [7, 11) is 0. The van der Waals surface area contributed by atoms with Gasteiger partial charge in [0.25, 0.3) is 0 Å². The van der Waals surface area contributed by atoms with Crippen LogP contribution < -0.4 is 10.6 Å². The first kappa shape index (κ1) is 28.5. The average Bonchev–Trinajstić information content (AvgIpc) is 2.73. The van der Waals surface area contributed by atoms with E-state index in [0.717, 1.165) is 0 Å². The molecule has 0 spiro atoms. The van der Waals surface area contributed by atoms with E-state index in [1.807, 2.05) is 0 Å². The molecule has 188 valence electrons. The molecule has 0 aliphatic carbocycles. The number of nitrogens with one attached hydrogen (secondary N) is 2. The summed E-state index contributed by atoms with van der Waals surface area (Å²) in [6.07, 6.45) is 0.656. The van der Waals surface area contributed by atoms with Crippen LogP contribution in [0.4, 0.5) is 4.79 Å². The van der Waals surface area contributed by atoms with Gasteiger partial charge in [-0.15, -0.1) is 6.58 Å². The topological polar surface area (TPSA) is 134 Å². The number of carbonyl (C=O) groups is 4. The van der Waals surface area contributed by atoms with Crippen LogP contribution in [0.3, 0.4) is 0 Å². The van der Waals surface area contributed by atoms with Crippen LogP contribution in [0.5, 0.6) is 5.75 Å². The van der Waals surface area contributed by atoms with E-state index < -0.39 is 42.1 Å². The van der Waals surface area contributed by atoms with Crippen molar-refractivity contribution in [2.45, 2.75) is 52.7 Å². The number of hydrogen-bond donors (Lipinski definition) is 3. The van der Waals surface area contributed by atoms with Gasteiger partial charge in [-0.05, 0) is 57.9 Å². The van der Waals surface area contributed by atoms with Crippen molar-refractivity contribution in [3.63, 3.8) is 0 Å². The van der Waals surface area contributed by atoms with Crippen molar-refractivity contribution >= 4 is 23.9 Å². The fourth-order valence-electron chi connectivity index (χ4n) is 2.99. The standard InChI is InChI=1S/C24H35N3O7/c1-7-13-27(19(29)15-26-23(32)34-24(4,5)6)21(17-9-10-18(28)16(3)14-17)22(31)25-12-11-20(30)33-8-2/h7,9-10,14,21,28H,1,8,11-13,15H2,2-6H3,(H,25,31)(H,26,32). The lowest BCUT2D eigenvalue weighted by atomic mass is 10.0. The highest BCUT2D eigenvalue weighted by Gasteiger charge is 2.31. The molecule has 0 fully saturated rings. The van der Waals surface area contributed by atoms with Crippen LogP contribution in [0.1, 0.15) is 51.3 Å². The van der Waals surface area contributed by atoms with Crippen LogP contribution >= 0.6 is 0 Å². The van der Waals surface area contributed by atoms with Crippen molar-refractivity contribution < 1.29 is 33.8 Å². The van der Waals surface area contributed by atoms with Crippen LogP contribution in [0.2, 0.25) is 0 Å². The number of phenols is 1. The van der Waals surface area contributed by atoms with E-state index in [0.29, 0.717) is 11.1 Å². The number of esters is 1. The maximum atomic E-state index is 13.2. The Kier molecular flexibility index (Phi) is 11.1. The Bertz CT molecular complexity index is 893. The number of amides is 3. The summed E-state index contributed by atoms with van der Waals surface area (Å²) in [5, 5.41) is 14.9. The highest BCUT2D eigenvalue weighted by Crippen LogP contribution is 2.26. The number of nitrogens with zero attached hydrogens (tertiary/aromatic N) is 1. The zero-order valence-corrected chi connectivity index (χ0v) is 20.5. The fraction of sp³-hybridized carbons (Fsp3) is 0.500. The second kappa shape index (κ2) is 13.2. The Hall–Kier alpha value is -3.56. The number of carbonyl (C=O) groups excluding carboxylic acids is 4. The zero-order chi connectivity index (χ0) is 25.9. The van der Waals surface area contributed by atoms with Crippen molar-refractivity contribution in [3.05, 3.63) is 42.0 Å². The molecule has 0 saturated carbocycles. The van der Waals surface area contributed by atoms with Crippen LogP contribution in [-0.4, -0.2) is 65.7 Å². The molecule has 3 amide bonds. The molecular weight excluding hydrogens is 442 g/mol. The van der Waals surface area contributed by atoms with Gasteiger partial charge in [0.05, 0.1) is 13.0 Å². The van der Waals surface area contributed by atoms with Gasteiger partial charge in [0.2, 0.25) is 11.8 Å². The summed E-state index contributed by atoms with van der Waals surface area (Å²) in [5.74, 6) is -1.51. The summed E-state index contributed by atoms with van der Waals surface area (Å²) in [6, 6.07) is 3.45. The summed E-state index contributed by atoms with van der Waals surface area (Å²) < 4.78 is 10.0. The minimum Gasteiger partial charge on any atom is -0.508 e. The van der Waals surface area contributed by atoms with Crippen molar-refractivity contribution in [3.8, 4) is 5.75 Å². The molecule has 1 aromatic carbocycles. The first-order valence-electron chi connectivity index (χ1n) is 11.0. The van der Waals surface area contributed by atoms with Gasteiger partial charge in [0, 0.05) is 13.1 Å². The van der Waals surface area contributed by atoms with Crippen LogP contribution in [0.15, 0.2) is 30.9 Å². The first-order chi connectivity index (χ1) is 15.9. The number of alkyl carbamates (subject to hydrolysis) is 1. The SMILES string of the molecule is C=CCN(C(=O)CNC(=O)OC(C)(C)C)C(C(=O)NCCC(=O)OCC)c1ccc(O)c(C)c1. The Morgan fingerprint density at radius 3 is 2.44 bits per heavy atom. The normalized spacial score (nSPS) is 11.7. The van der Waals surface area contributed by atoms with Gasteiger partial charge in [0.15, 0.2) is 0 Å². The predicted molar refractivity (Wildman–Crippen MR) is 126 cm³/mol. The van der Waals surface area contributed by atoms with Gasteiger partial charge >= 0.3 is 12.1 Å². The van der Waals surface area contributed by atoms with Crippen molar-refractivity contribution in [1.82, 2.24) is 15.5 Å². The van der Waals surface area contributed by atoms with Crippen LogP contribution in [0, 0.1) is 6.92 Å². The molecule has 3 N–H and O–H groups in total. The van der Waals surface area contributed by atoms with Gasteiger partial charge in [-0.2, -0.15) is 0 Å². The molecule has 10 nitrogen and oxygen atoms in total. The van der Waals surface area contributed by atoms with Gasteiger partial charge in [-0.3, -0.25) is 14.4 Å². The molecule has 0 saturated heterocycles. The second-order valence-electron chi connectivity index (χ2n) is 8.48. The average molecular weight is 478 g/mol. The Labute approximate surface area is 200 Å². The summed E-state index contributed by atoms with van der Waals surface area (Å²) in [6.45, 7) is 11.9. The molecule has 1 rings (SSSR count). The molecule has 34 heavy (non-hydrogen) atoms. The van der Waals surface area contributed by atoms with Crippen molar-refractivity contribution in [2.24, 2.45) is 0 Å². The third-order valence-electron chi connectivity index (χ3n) is 4.46. The van der Waals surface area contributed by atoms with E-state index in [2.05, 4.69) is 17.2 Å². The first-order valence-corrected chi connectivity index (χ1v) is 11.0. The zero-order valence-electron chi connectivity index (χ0n) is 20.5. The minimum absolute atomic E-state index is 0.00468. The lowest BCUT2D eigenvalue weighted by Crippen LogP contribution is -2.48. The minimum atomic E-state index is -1.10. The molecule has 1 unspecified atom stereocenters. The highest BCUT2D eigenvalue weighted by molar-refractivity contribution is 5.90. The number of rotatable bonds is 11. The van der Waals surface area contributed by atoms with E-state index in [4.69, 9.17) is 9.47 Å². The molecule has 0 aromatic heterocycles. The third-order valence-corrected chi connectivity index (χ3v) is 4.46. The van der Waals surface area contributed by atoms with Crippen LogP contribution in [0.25, 0.3) is 0 Å². The number of aryl methyl sites for hydroxylation is 1. The number of ether oxygens (including phenoxy) is 2. The molecule has 0 aliphatic heterocycles.